The van der Waals surface area contributed by atoms with Gasteiger partial charge in [-0.05, 0) is 43.3 Å². The summed E-state index contributed by atoms with van der Waals surface area (Å²) < 4.78 is 21.7. The van der Waals surface area contributed by atoms with Gasteiger partial charge < -0.3 is 24.3 Å². The van der Waals surface area contributed by atoms with Crippen molar-refractivity contribution in [3.8, 4) is 23.3 Å². The predicted octanol–water partition coefficient (Wildman–Crippen LogP) is 1.82. The zero-order valence-corrected chi connectivity index (χ0v) is 15.8. The first-order chi connectivity index (χ1) is 14.0. The molecule has 0 saturated carbocycles. The van der Waals surface area contributed by atoms with Gasteiger partial charge in [-0.15, -0.1) is 0 Å². The van der Waals surface area contributed by atoms with Gasteiger partial charge in [0.25, 0.3) is 5.91 Å². The number of carbonyl (C=O) groups is 2. The summed E-state index contributed by atoms with van der Waals surface area (Å²) in [5.74, 6) is 0.591. The fraction of sp³-hybridized carbons (Fsp3) is 0.286. The quantitative estimate of drug-likeness (QED) is 0.712. The monoisotopic (exact) mass is 396 g/mol. The number of esters is 1. The van der Waals surface area contributed by atoms with Crippen LogP contribution in [0.3, 0.4) is 0 Å². The Kier molecular flexibility index (Phi) is 6.53. The lowest BCUT2D eigenvalue weighted by Crippen LogP contribution is -2.42. The maximum Gasteiger partial charge on any atom is 0.347 e. The fourth-order valence-electron chi connectivity index (χ4n) is 2.56. The maximum atomic E-state index is 12.0. The van der Waals surface area contributed by atoms with Crippen molar-refractivity contribution in [2.45, 2.75) is 19.1 Å². The van der Waals surface area contributed by atoms with Gasteiger partial charge in [0.05, 0.1) is 18.2 Å². The topological polar surface area (TPSA) is 107 Å². The molecule has 0 fully saturated rings. The van der Waals surface area contributed by atoms with Crippen LogP contribution < -0.4 is 19.5 Å². The van der Waals surface area contributed by atoms with Crippen LogP contribution in [0.2, 0.25) is 0 Å². The molecule has 29 heavy (non-hydrogen) atoms. The van der Waals surface area contributed by atoms with Crippen LogP contribution in [-0.4, -0.2) is 43.8 Å². The number of benzene rings is 2. The molecule has 1 heterocycles. The van der Waals surface area contributed by atoms with Crippen LogP contribution in [0.1, 0.15) is 12.5 Å². The summed E-state index contributed by atoms with van der Waals surface area (Å²) >= 11 is 0. The average molecular weight is 396 g/mol. The molecule has 8 heteroatoms. The fourth-order valence-corrected chi connectivity index (χ4v) is 2.56. The van der Waals surface area contributed by atoms with E-state index >= 15 is 0 Å². The molecular weight excluding hydrogens is 376 g/mol. The molecule has 2 atom stereocenters. The van der Waals surface area contributed by atoms with Gasteiger partial charge in [-0.1, -0.05) is 12.1 Å². The molecule has 8 nitrogen and oxygen atoms in total. The van der Waals surface area contributed by atoms with E-state index < -0.39 is 24.6 Å². The molecule has 0 unspecified atom stereocenters. The number of para-hydroxylation sites is 2. The van der Waals surface area contributed by atoms with Crippen LogP contribution in [0.4, 0.5) is 0 Å². The molecule has 3 rings (SSSR count). The number of rotatable bonds is 7. The summed E-state index contributed by atoms with van der Waals surface area (Å²) in [6.07, 6.45) is -1.23. The first-order valence-electron chi connectivity index (χ1n) is 9.04. The highest BCUT2D eigenvalue weighted by Crippen LogP contribution is 2.30. The Hall–Kier alpha value is -3.73. The molecule has 0 aromatic heterocycles. The number of nitriles is 1. The number of nitrogens with one attached hydrogen (secondary N) is 1. The average Bonchev–Trinajstić information content (AvgIpc) is 2.76. The number of ether oxygens (including phenoxy) is 4. The van der Waals surface area contributed by atoms with Crippen molar-refractivity contribution < 1.29 is 28.5 Å². The molecule has 0 bridgehead atoms. The van der Waals surface area contributed by atoms with Crippen LogP contribution in [0, 0.1) is 11.3 Å². The molecule has 1 N–H and O–H groups in total. The Labute approximate surface area is 167 Å². The van der Waals surface area contributed by atoms with Crippen LogP contribution >= 0.6 is 0 Å². The van der Waals surface area contributed by atoms with Crippen molar-refractivity contribution in [2.24, 2.45) is 0 Å². The number of amides is 1. The second kappa shape index (κ2) is 9.46. The highest BCUT2D eigenvalue weighted by Gasteiger charge is 2.22. The number of carbonyl (C=O) groups excluding carboxylic acids is 2. The summed E-state index contributed by atoms with van der Waals surface area (Å²) in [4.78, 5) is 23.9. The van der Waals surface area contributed by atoms with Gasteiger partial charge >= 0.3 is 5.97 Å². The number of fused-ring (bicyclic) bond motifs is 1. The summed E-state index contributed by atoms with van der Waals surface area (Å²) in [6, 6.07) is 15.6. The van der Waals surface area contributed by atoms with E-state index in [9.17, 15) is 9.59 Å². The largest absolute Gasteiger partial charge is 0.486 e. The molecule has 0 spiro atoms. The Balaban J connectivity index is 1.37. The summed E-state index contributed by atoms with van der Waals surface area (Å²) in [7, 11) is 0. The third kappa shape index (κ3) is 5.62. The number of hydrogen-bond acceptors (Lipinski definition) is 7. The highest BCUT2D eigenvalue weighted by atomic mass is 16.6. The zero-order chi connectivity index (χ0) is 20.6. The van der Waals surface area contributed by atoms with E-state index in [-0.39, 0.29) is 12.6 Å². The van der Waals surface area contributed by atoms with Gasteiger partial charge in [0, 0.05) is 0 Å². The lowest BCUT2D eigenvalue weighted by atomic mass is 10.2. The van der Waals surface area contributed by atoms with Gasteiger partial charge in [-0.3, -0.25) is 4.79 Å². The minimum absolute atomic E-state index is 0.224. The molecule has 2 aromatic carbocycles. The lowest BCUT2D eigenvalue weighted by Gasteiger charge is -2.26. The molecule has 0 saturated heterocycles. The first kappa shape index (κ1) is 20.0. The standard InChI is InChI=1S/C21H20N2O6/c1-14(28-16-8-6-15(10-22)7-9-16)21(25)27-13-20(24)23-11-17-12-26-18-4-2-3-5-19(18)29-17/h2-9,14,17H,11-13H2,1H3,(H,23,24)/t14-,17+/m1/s1. The first-order valence-corrected chi connectivity index (χ1v) is 9.04. The molecule has 0 aliphatic carbocycles. The molecular formula is C21H20N2O6. The second-order valence-corrected chi connectivity index (χ2v) is 6.31. The van der Waals surface area contributed by atoms with Crippen LogP contribution in [0.15, 0.2) is 48.5 Å². The van der Waals surface area contributed by atoms with Gasteiger partial charge in [0.1, 0.15) is 18.5 Å². The Morgan fingerprint density at radius 1 is 1.21 bits per heavy atom. The zero-order valence-electron chi connectivity index (χ0n) is 15.8. The highest BCUT2D eigenvalue weighted by molar-refractivity contribution is 5.82. The second-order valence-electron chi connectivity index (χ2n) is 6.31. The van der Waals surface area contributed by atoms with E-state index in [1.165, 1.54) is 6.92 Å². The van der Waals surface area contributed by atoms with Gasteiger partial charge in [0.15, 0.2) is 24.2 Å². The molecule has 1 aliphatic rings. The molecule has 150 valence electrons. The van der Waals surface area contributed by atoms with E-state index in [1.807, 2.05) is 24.3 Å². The van der Waals surface area contributed by atoms with Gasteiger partial charge in [-0.25, -0.2) is 4.79 Å². The van der Waals surface area contributed by atoms with Crippen LogP contribution in [-0.2, 0) is 14.3 Å². The lowest BCUT2D eigenvalue weighted by molar-refractivity contribution is -0.154. The van der Waals surface area contributed by atoms with Crippen molar-refractivity contribution in [2.75, 3.05) is 19.8 Å². The van der Waals surface area contributed by atoms with E-state index in [0.717, 1.165) is 0 Å². The summed E-state index contributed by atoms with van der Waals surface area (Å²) in [5.41, 5.74) is 0.486. The third-order valence-corrected chi connectivity index (χ3v) is 4.07. The molecule has 0 radical (unpaired) electrons. The molecule has 1 amide bonds. The van der Waals surface area contributed by atoms with Crippen molar-refractivity contribution in [1.29, 1.82) is 5.26 Å². The van der Waals surface area contributed by atoms with Gasteiger partial charge in [-0.2, -0.15) is 5.26 Å². The Bertz CT molecular complexity index is 906. The minimum atomic E-state index is -0.901. The maximum absolute atomic E-state index is 12.0. The molecule has 2 aromatic rings. The smallest absolute Gasteiger partial charge is 0.347 e. The van der Waals surface area contributed by atoms with Crippen LogP contribution in [0.5, 0.6) is 17.2 Å². The van der Waals surface area contributed by atoms with Crippen LogP contribution in [0.25, 0.3) is 0 Å². The van der Waals surface area contributed by atoms with Crippen molar-refractivity contribution in [1.82, 2.24) is 5.32 Å². The number of nitrogens with zero attached hydrogens (tertiary/aromatic N) is 1. The van der Waals surface area contributed by atoms with Crippen molar-refractivity contribution in [3.05, 3.63) is 54.1 Å². The summed E-state index contributed by atoms with van der Waals surface area (Å²) in [5, 5.41) is 11.4. The van der Waals surface area contributed by atoms with Crippen molar-refractivity contribution in [3.63, 3.8) is 0 Å². The van der Waals surface area contributed by atoms with E-state index in [2.05, 4.69) is 5.32 Å². The SMILES string of the molecule is C[C@@H](Oc1ccc(C#N)cc1)C(=O)OCC(=O)NC[C@H]1COc2ccccc2O1. The predicted molar refractivity (Wildman–Crippen MR) is 102 cm³/mol. The Morgan fingerprint density at radius 2 is 1.93 bits per heavy atom. The van der Waals surface area contributed by atoms with Crippen molar-refractivity contribution >= 4 is 11.9 Å². The Morgan fingerprint density at radius 3 is 2.66 bits per heavy atom. The number of hydrogen-bond donors (Lipinski definition) is 1. The van der Waals surface area contributed by atoms with Gasteiger partial charge in [0.2, 0.25) is 0 Å². The third-order valence-electron chi connectivity index (χ3n) is 4.07. The van der Waals surface area contributed by atoms with E-state index in [0.29, 0.717) is 29.4 Å². The van der Waals surface area contributed by atoms with E-state index in [4.69, 9.17) is 24.2 Å². The minimum Gasteiger partial charge on any atom is -0.486 e. The normalized spacial score (nSPS) is 15.5. The van der Waals surface area contributed by atoms with E-state index in [1.54, 1.807) is 30.3 Å². The summed E-state index contributed by atoms with van der Waals surface area (Å²) in [6.45, 7) is 1.63. The molecule has 1 aliphatic heterocycles.